The number of nitro benzene ring substituents is 1. The number of nitro groups is 1. The van der Waals surface area contributed by atoms with E-state index in [0.717, 1.165) is 22.0 Å². The number of anilines is 1. The minimum atomic E-state index is -0.492. The summed E-state index contributed by atoms with van der Waals surface area (Å²) in [6.45, 7) is 1.64. The van der Waals surface area contributed by atoms with Crippen molar-refractivity contribution in [3.8, 4) is 11.3 Å². The van der Waals surface area contributed by atoms with Crippen molar-refractivity contribution in [3.63, 3.8) is 0 Å². The van der Waals surface area contributed by atoms with E-state index in [2.05, 4.69) is 10.3 Å². The van der Waals surface area contributed by atoms with Gasteiger partial charge in [-0.25, -0.2) is 4.98 Å². The molecule has 0 fully saturated rings. The summed E-state index contributed by atoms with van der Waals surface area (Å²) >= 11 is 1.31. The average molecular weight is 389 g/mol. The summed E-state index contributed by atoms with van der Waals surface area (Å²) in [5, 5.41) is 18.3. The molecule has 0 saturated heterocycles. The topological polar surface area (TPSA) is 85.1 Å². The van der Waals surface area contributed by atoms with Gasteiger partial charge in [-0.1, -0.05) is 48.5 Å². The molecule has 1 aromatic heterocycles. The zero-order valence-electron chi connectivity index (χ0n) is 14.9. The minimum Gasteiger partial charge on any atom is -0.298 e. The lowest BCUT2D eigenvalue weighted by atomic mass is 10.0. The van der Waals surface area contributed by atoms with Crippen LogP contribution in [-0.2, 0) is 0 Å². The summed E-state index contributed by atoms with van der Waals surface area (Å²) in [6, 6.07) is 18.5. The Balaban J connectivity index is 1.61. The lowest BCUT2D eigenvalue weighted by Crippen LogP contribution is -2.12. The summed E-state index contributed by atoms with van der Waals surface area (Å²) in [7, 11) is 0. The molecule has 1 amide bonds. The number of amides is 1. The van der Waals surface area contributed by atoms with Gasteiger partial charge in [0.25, 0.3) is 11.6 Å². The first kappa shape index (κ1) is 17.8. The Morgan fingerprint density at radius 2 is 1.89 bits per heavy atom. The van der Waals surface area contributed by atoms with Gasteiger partial charge in [0.1, 0.15) is 0 Å². The van der Waals surface area contributed by atoms with Gasteiger partial charge < -0.3 is 0 Å². The van der Waals surface area contributed by atoms with Gasteiger partial charge in [-0.05, 0) is 23.8 Å². The van der Waals surface area contributed by atoms with E-state index in [1.54, 1.807) is 19.1 Å². The average Bonchev–Trinajstić information content (AvgIpc) is 3.15. The van der Waals surface area contributed by atoms with E-state index in [1.807, 2.05) is 47.8 Å². The second-order valence-corrected chi connectivity index (χ2v) is 7.14. The van der Waals surface area contributed by atoms with Crippen molar-refractivity contribution in [3.05, 3.63) is 87.3 Å². The van der Waals surface area contributed by atoms with E-state index < -0.39 is 10.8 Å². The van der Waals surface area contributed by atoms with Crippen molar-refractivity contribution in [2.24, 2.45) is 0 Å². The van der Waals surface area contributed by atoms with Crippen LogP contribution in [-0.4, -0.2) is 15.8 Å². The van der Waals surface area contributed by atoms with Crippen molar-refractivity contribution in [2.75, 3.05) is 5.32 Å². The monoisotopic (exact) mass is 389 g/mol. The van der Waals surface area contributed by atoms with Gasteiger partial charge in [0, 0.05) is 28.1 Å². The molecule has 6 nitrogen and oxygen atoms in total. The highest BCUT2D eigenvalue weighted by Crippen LogP contribution is 2.31. The van der Waals surface area contributed by atoms with Gasteiger partial charge in [0.15, 0.2) is 5.13 Å². The van der Waals surface area contributed by atoms with Crippen molar-refractivity contribution in [1.29, 1.82) is 0 Å². The molecule has 0 saturated carbocycles. The molecular weight excluding hydrogens is 374 g/mol. The number of aromatic nitrogens is 1. The third-order valence-electron chi connectivity index (χ3n) is 4.46. The van der Waals surface area contributed by atoms with Crippen LogP contribution in [0.2, 0.25) is 0 Å². The van der Waals surface area contributed by atoms with Crippen LogP contribution in [0.15, 0.2) is 66.0 Å². The number of aryl methyl sites for hydroxylation is 1. The van der Waals surface area contributed by atoms with Crippen LogP contribution >= 0.6 is 11.3 Å². The van der Waals surface area contributed by atoms with Crippen molar-refractivity contribution < 1.29 is 9.72 Å². The number of carbonyl (C=O) groups is 1. The van der Waals surface area contributed by atoms with Gasteiger partial charge in [-0.3, -0.25) is 20.2 Å². The highest BCUT2D eigenvalue weighted by molar-refractivity contribution is 7.14. The summed E-state index contributed by atoms with van der Waals surface area (Å²) in [4.78, 5) is 27.6. The largest absolute Gasteiger partial charge is 0.298 e. The van der Waals surface area contributed by atoms with Crippen LogP contribution < -0.4 is 5.32 Å². The lowest BCUT2D eigenvalue weighted by Gasteiger charge is -2.04. The highest BCUT2D eigenvalue weighted by atomic mass is 32.1. The van der Waals surface area contributed by atoms with E-state index in [9.17, 15) is 14.9 Å². The first-order valence-corrected chi connectivity index (χ1v) is 9.41. The number of nitrogens with one attached hydrogen (secondary N) is 1. The molecule has 0 unspecified atom stereocenters. The smallest absolute Gasteiger partial charge is 0.273 e. The number of benzene rings is 3. The fourth-order valence-electron chi connectivity index (χ4n) is 3.02. The first-order valence-electron chi connectivity index (χ1n) is 8.53. The van der Waals surface area contributed by atoms with Crippen LogP contribution in [0.3, 0.4) is 0 Å². The first-order chi connectivity index (χ1) is 13.5. The van der Waals surface area contributed by atoms with E-state index in [4.69, 9.17) is 0 Å². The molecular formula is C21H15N3O3S. The molecule has 4 aromatic rings. The van der Waals surface area contributed by atoms with Crippen molar-refractivity contribution >= 4 is 38.8 Å². The normalized spacial score (nSPS) is 10.8. The predicted octanol–water partition coefficient (Wildman–Crippen LogP) is 5.43. The molecule has 7 heteroatoms. The van der Waals surface area contributed by atoms with Gasteiger partial charge in [0.05, 0.1) is 10.6 Å². The fraction of sp³-hybridized carbons (Fsp3) is 0.0476. The van der Waals surface area contributed by atoms with Gasteiger partial charge in [-0.15, -0.1) is 11.3 Å². The van der Waals surface area contributed by atoms with E-state index >= 15 is 0 Å². The minimum absolute atomic E-state index is 0.0803. The van der Waals surface area contributed by atoms with Crippen molar-refractivity contribution in [1.82, 2.24) is 4.98 Å². The molecule has 0 aliphatic heterocycles. The zero-order chi connectivity index (χ0) is 19.7. The molecule has 1 N–H and O–H groups in total. The Kier molecular flexibility index (Phi) is 4.58. The molecule has 0 spiro atoms. The molecule has 0 radical (unpaired) electrons. The molecule has 3 aromatic carbocycles. The number of nitrogens with zero attached hydrogens (tertiary/aromatic N) is 2. The van der Waals surface area contributed by atoms with E-state index in [1.165, 1.54) is 17.4 Å². The quantitative estimate of drug-likeness (QED) is 0.372. The standard InChI is InChI=1S/C21H15N3O3S/c1-13-9-10-15(11-19(13)24(26)27)20(25)23-21-22-18(12-28-21)17-8-4-6-14-5-2-3-7-16(14)17/h2-12H,1H3,(H,22,23,25). The molecule has 0 aliphatic carbocycles. The maximum Gasteiger partial charge on any atom is 0.273 e. The Morgan fingerprint density at radius 1 is 1.11 bits per heavy atom. The number of hydrogen-bond donors (Lipinski definition) is 1. The van der Waals surface area contributed by atoms with E-state index in [0.29, 0.717) is 10.7 Å². The van der Waals surface area contributed by atoms with E-state index in [-0.39, 0.29) is 11.3 Å². The van der Waals surface area contributed by atoms with Crippen LogP contribution in [0.1, 0.15) is 15.9 Å². The van der Waals surface area contributed by atoms with Crippen molar-refractivity contribution in [2.45, 2.75) is 6.92 Å². The molecule has 0 aliphatic rings. The number of hydrogen-bond acceptors (Lipinski definition) is 5. The molecule has 138 valence electrons. The fourth-order valence-corrected chi connectivity index (χ4v) is 3.73. The SMILES string of the molecule is Cc1ccc(C(=O)Nc2nc(-c3cccc4ccccc34)cs2)cc1[N+](=O)[O-]. The number of thiazole rings is 1. The third kappa shape index (κ3) is 3.35. The molecule has 1 heterocycles. The Hall–Kier alpha value is -3.58. The molecule has 0 atom stereocenters. The summed E-state index contributed by atoms with van der Waals surface area (Å²) in [6.07, 6.45) is 0. The zero-order valence-corrected chi connectivity index (χ0v) is 15.7. The third-order valence-corrected chi connectivity index (χ3v) is 5.22. The second kappa shape index (κ2) is 7.21. The van der Waals surface area contributed by atoms with Crippen LogP contribution in [0.5, 0.6) is 0 Å². The van der Waals surface area contributed by atoms with Crippen LogP contribution in [0, 0.1) is 17.0 Å². The maximum atomic E-state index is 12.5. The van der Waals surface area contributed by atoms with Crippen LogP contribution in [0.4, 0.5) is 10.8 Å². The predicted molar refractivity (Wildman–Crippen MR) is 111 cm³/mol. The molecule has 0 bridgehead atoms. The molecule has 4 rings (SSSR count). The Labute approximate surface area is 164 Å². The summed E-state index contributed by atoms with van der Waals surface area (Å²) < 4.78 is 0. The lowest BCUT2D eigenvalue weighted by molar-refractivity contribution is -0.385. The summed E-state index contributed by atoms with van der Waals surface area (Å²) in [5.41, 5.74) is 2.41. The molecule has 28 heavy (non-hydrogen) atoms. The maximum absolute atomic E-state index is 12.5. The second-order valence-electron chi connectivity index (χ2n) is 6.28. The Bertz CT molecular complexity index is 1210. The van der Waals surface area contributed by atoms with Gasteiger partial charge >= 0.3 is 0 Å². The van der Waals surface area contributed by atoms with Gasteiger partial charge in [-0.2, -0.15) is 0 Å². The Morgan fingerprint density at radius 3 is 2.71 bits per heavy atom. The highest BCUT2D eigenvalue weighted by Gasteiger charge is 2.16. The summed E-state index contributed by atoms with van der Waals surface area (Å²) in [5.74, 6) is -0.429. The number of fused-ring (bicyclic) bond motifs is 1. The van der Waals surface area contributed by atoms with Gasteiger partial charge in [0.2, 0.25) is 0 Å². The number of rotatable bonds is 4. The van der Waals surface area contributed by atoms with Crippen LogP contribution in [0.25, 0.3) is 22.0 Å². The number of carbonyl (C=O) groups excluding carboxylic acids is 1.